The molecule has 11 heteroatoms. The molecule has 0 spiro atoms. The quantitative estimate of drug-likeness (QED) is 0.419. The summed E-state index contributed by atoms with van der Waals surface area (Å²) in [5, 5.41) is 1.07. The van der Waals surface area contributed by atoms with E-state index >= 15 is 0 Å². The Kier molecular flexibility index (Phi) is 9.46. The average molecular weight is 515 g/mol. The van der Waals surface area contributed by atoms with E-state index in [-0.39, 0.29) is 18.6 Å². The summed E-state index contributed by atoms with van der Waals surface area (Å²) in [6.45, 7) is 8.54. The van der Waals surface area contributed by atoms with Gasteiger partial charge in [-0.15, -0.1) is 0 Å². The van der Waals surface area contributed by atoms with Gasteiger partial charge in [0.15, 0.2) is 5.50 Å². The number of carbonyl (C=O) groups excluding carboxylic acids is 2. The minimum absolute atomic E-state index is 0.116. The van der Waals surface area contributed by atoms with Crippen molar-refractivity contribution in [2.24, 2.45) is 4.99 Å². The second-order valence-electron chi connectivity index (χ2n) is 7.75. The van der Waals surface area contributed by atoms with Crippen LogP contribution < -0.4 is 4.72 Å². The minimum Gasteiger partial charge on any atom is -0.462 e. The van der Waals surface area contributed by atoms with E-state index < -0.39 is 11.5 Å². The molecular formula is C22H28Cl2N4O4S. The van der Waals surface area contributed by atoms with Crippen LogP contribution in [0.3, 0.4) is 0 Å². The Hall–Kier alpha value is -1.78. The number of hydrogen-bond acceptors (Lipinski definition) is 8. The van der Waals surface area contributed by atoms with Crippen molar-refractivity contribution in [1.29, 1.82) is 0 Å². The number of morpholine rings is 1. The number of hydrogen-bond donors (Lipinski definition) is 1. The SMILES string of the molecule is CCOC(=O)C1=CN(CC2CN(Cc3ccc(Cl)c(Cl)c3)CCO2)[C@H](SNC(C)=O)N=C1C. The molecule has 1 N–H and O–H groups in total. The van der Waals surface area contributed by atoms with Crippen LogP contribution in [0.1, 0.15) is 26.3 Å². The van der Waals surface area contributed by atoms with Crippen LogP contribution in [0.4, 0.5) is 0 Å². The van der Waals surface area contributed by atoms with Crippen molar-refractivity contribution in [3.63, 3.8) is 0 Å². The topological polar surface area (TPSA) is 83.5 Å². The van der Waals surface area contributed by atoms with Crippen LogP contribution >= 0.6 is 35.1 Å². The average Bonchev–Trinajstić information content (AvgIpc) is 2.76. The molecular weight excluding hydrogens is 487 g/mol. The molecule has 0 aromatic heterocycles. The number of rotatable bonds is 8. The van der Waals surface area contributed by atoms with Gasteiger partial charge < -0.3 is 14.4 Å². The van der Waals surface area contributed by atoms with E-state index in [0.717, 1.165) is 18.7 Å². The van der Waals surface area contributed by atoms with Crippen molar-refractivity contribution in [3.05, 3.63) is 45.6 Å². The number of amides is 1. The number of nitrogens with one attached hydrogen (secondary N) is 1. The largest absolute Gasteiger partial charge is 0.462 e. The van der Waals surface area contributed by atoms with E-state index in [4.69, 9.17) is 32.7 Å². The molecule has 0 aliphatic carbocycles. The van der Waals surface area contributed by atoms with Crippen molar-refractivity contribution < 1.29 is 19.1 Å². The van der Waals surface area contributed by atoms with E-state index in [9.17, 15) is 9.59 Å². The van der Waals surface area contributed by atoms with Crippen molar-refractivity contribution in [1.82, 2.24) is 14.5 Å². The maximum Gasteiger partial charge on any atom is 0.341 e. The van der Waals surface area contributed by atoms with Gasteiger partial charge in [0, 0.05) is 51.3 Å². The molecule has 8 nitrogen and oxygen atoms in total. The summed E-state index contributed by atoms with van der Waals surface area (Å²) in [6, 6.07) is 5.65. The first-order valence-electron chi connectivity index (χ1n) is 10.7. The summed E-state index contributed by atoms with van der Waals surface area (Å²) >= 11 is 13.4. The molecule has 2 heterocycles. The Morgan fingerprint density at radius 1 is 1.33 bits per heavy atom. The highest BCUT2D eigenvalue weighted by Gasteiger charge is 2.30. The van der Waals surface area contributed by atoms with Crippen LogP contribution in [0.2, 0.25) is 10.0 Å². The van der Waals surface area contributed by atoms with Crippen LogP contribution in [0, 0.1) is 0 Å². The van der Waals surface area contributed by atoms with Gasteiger partial charge in [-0.2, -0.15) is 0 Å². The number of aliphatic imine (C=N–C) groups is 1. The molecule has 33 heavy (non-hydrogen) atoms. The van der Waals surface area contributed by atoms with Crippen molar-refractivity contribution >= 4 is 52.7 Å². The third kappa shape index (κ3) is 7.35. The van der Waals surface area contributed by atoms with Gasteiger partial charge in [0.25, 0.3) is 0 Å². The fraction of sp³-hybridized carbons (Fsp3) is 0.500. The normalized spacial score (nSPS) is 21.3. The summed E-state index contributed by atoms with van der Waals surface area (Å²) in [5.41, 5.74) is 1.63. The number of ether oxygens (including phenoxy) is 2. The van der Waals surface area contributed by atoms with E-state index in [1.54, 1.807) is 26.1 Å². The van der Waals surface area contributed by atoms with Gasteiger partial charge in [-0.1, -0.05) is 29.3 Å². The summed E-state index contributed by atoms with van der Waals surface area (Å²) in [5.74, 6) is -0.591. The first-order chi connectivity index (χ1) is 15.8. The molecule has 2 aliphatic heterocycles. The standard InChI is InChI=1S/C22H28Cl2N4O4S/c1-4-31-21(30)18-13-28(22(25-14(18)2)33-26-15(3)29)12-17-11-27(7-8-32-17)10-16-5-6-19(23)20(24)9-16/h5-6,9,13,17,22H,4,7-8,10-12H2,1-3H3,(H,26,29)/t17?,22-/m1/s1. The molecule has 1 amide bonds. The number of benzene rings is 1. The fourth-order valence-corrected chi connectivity index (χ4v) is 4.67. The molecule has 2 atom stereocenters. The Morgan fingerprint density at radius 3 is 2.82 bits per heavy atom. The molecule has 1 fully saturated rings. The fourth-order valence-electron chi connectivity index (χ4n) is 3.58. The van der Waals surface area contributed by atoms with Crippen LogP contribution in [0.5, 0.6) is 0 Å². The van der Waals surface area contributed by atoms with Crippen LogP contribution in [-0.4, -0.2) is 71.8 Å². The summed E-state index contributed by atoms with van der Waals surface area (Å²) in [4.78, 5) is 32.7. The number of nitrogens with zero attached hydrogens (tertiary/aromatic N) is 3. The van der Waals surface area contributed by atoms with Gasteiger partial charge in [0.1, 0.15) is 0 Å². The van der Waals surface area contributed by atoms with Crippen LogP contribution in [-0.2, 0) is 25.6 Å². The Bertz CT molecular complexity index is 943. The Balaban J connectivity index is 1.70. The molecule has 1 saturated heterocycles. The highest BCUT2D eigenvalue weighted by atomic mass is 35.5. The zero-order valence-corrected chi connectivity index (χ0v) is 21.2. The second-order valence-corrected chi connectivity index (χ2v) is 9.43. The van der Waals surface area contributed by atoms with Crippen LogP contribution in [0.15, 0.2) is 35.0 Å². The predicted molar refractivity (Wildman–Crippen MR) is 131 cm³/mol. The molecule has 0 bridgehead atoms. The third-order valence-electron chi connectivity index (χ3n) is 5.10. The summed E-state index contributed by atoms with van der Waals surface area (Å²) in [7, 11) is 0. The van der Waals surface area contributed by atoms with Crippen molar-refractivity contribution in [2.45, 2.75) is 38.9 Å². The third-order valence-corrected chi connectivity index (χ3v) is 6.83. The molecule has 1 aromatic rings. The molecule has 0 radical (unpaired) electrons. The number of halogens is 2. The summed E-state index contributed by atoms with van der Waals surface area (Å²) < 4.78 is 13.9. The van der Waals surface area contributed by atoms with Gasteiger partial charge in [-0.3, -0.25) is 19.4 Å². The molecule has 1 unspecified atom stereocenters. The number of esters is 1. The lowest BCUT2D eigenvalue weighted by Crippen LogP contribution is -2.48. The summed E-state index contributed by atoms with van der Waals surface area (Å²) in [6.07, 6.45) is 1.64. The van der Waals surface area contributed by atoms with Gasteiger partial charge in [0.2, 0.25) is 5.91 Å². The van der Waals surface area contributed by atoms with E-state index in [1.165, 1.54) is 18.9 Å². The van der Waals surface area contributed by atoms with Gasteiger partial charge >= 0.3 is 5.97 Å². The molecule has 3 rings (SSSR count). The monoisotopic (exact) mass is 514 g/mol. The van der Waals surface area contributed by atoms with E-state index in [0.29, 0.717) is 41.0 Å². The van der Waals surface area contributed by atoms with Crippen LogP contribution in [0.25, 0.3) is 0 Å². The van der Waals surface area contributed by atoms with Gasteiger partial charge in [-0.05, 0) is 31.5 Å². The van der Waals surface area contributed by atoms with Crippen molar-refractivity contribution in [2.75, 3.05) is 32.8 Å². The Morgan fingerprint density at radius 2 is 2.12 bits per heavy atom. The van der Waals surface area contributed by atoms with Gasteiger partial charge in [0.05, 0.1) is 40.6 Å². The predicted octanol–water partition coefficient (Wildman–Crippen LogP) is 3.49. The highest BCUT2D eigenvalue weighted by molar-refractivity contribution is 7.98. The van der Waals surface area contributed by atoms with Gasteiger partial charge in [-0.25, -0.2) is 4.79 Å². The first-order valence-corrected chi connectivity index (χ1v) is 12.3. The molecule has 180 valence electrons. The zero-order valence-electron chi connectivity index (χ0n) is 18.8. The maximum absolute atomic E-state index is 12.4. The lowest BCUT2D eigenvalue weighted by Gasteiger charge is -2.38. The lowest BCUT2D eigenvalue weighted by atomic mass is 10.1. The minimum atomic E-state index is -0.419. The Labute approximate surface area is 208 Å². The highest BCUT2D eigenvalue weighted by Crippen LogP contribution is 2.26. The molecule has 1 aromatic carbocycles. The zero-order chi connectivity index (χ0) is 24.0. The number of carbonyl (C=O) groups is 2. The van der Waals surface area contributed by atoms with Crippen molar-refractivity contribution in [3.8, 4) is 0 Å². The smallest absolute Gasteiger partial charge is 0.341 e. The van der Waals surface area contributed by atoms with E-state index in [2.05, 4.69) is 14.6 Å². The molecule has 2 aliphatic rings. The maximum atomic E-state index is 12.4. The van der Waals surface area contributed by atoms with E-state index in [1.807, 2.05) is 17.0 Å². The lowest BCUT2D eigenvalue weighted by molar-refractivity contribution is -0.138. The molecule has 0 saturated carbocycles. The second kappa shape index (κ2) is 12.1. The first kappa shape index (κ1) is 25.8.